The first kappa shape index (κ1) is 12.7. The normalized spacial score (nSPS) is 14.1. The van der Waals surface area contributed by atoms with Crippen molar-refractivity contribution in [1.29, 1.82) is 0 Å². The highest BCUT2D eigenvalue weighted by molar-refractivity contribution is 5.94. The minimum Gasteiger partial charge on any atom is -0.385 e. The van der Waals surface area contributed by atoms with Crippen molar-refractivity contribution in [3.05, 3.63) is 41.5 Å². The number of hydrogen-bond donors (Lipinski definition) is 2. The second-order valence-corrected chi connectivity index (χ2v) is 4.52. The molecule has 1 aromatic rings. The fourth-order valence-electron chi connectivity index (χ4n) is 2.15. The molecule has 0 aliphatic carbocycles. The predicted molar refractivity (Wildman–Crippen MR) is 75.0 cm³/mol. The maximum atomic E-state index is 11.9. The monoisotopic (exact) mass is 244 g/mol. The summed E-state index contributed by atoms with van der Waals surface area (Å²) in [7, 11) is 0. The van der Waals surface area contributed by atoms with Crippen molar-refractivity contribution in [1.82, 2.24) is 5.32 Å². The van der Waals surface area contributed by atoms with Crippen LogP contribution in [0.4, 0.5) is 5.69 Å². The Kier molecular flexibility index (Phi) is 4.40. The molecule has 0 spiro atoms. The summed E-state index contributed by atoms with van der Waals surface area (Å²) in [4.78, 5) is 11.9. The van der Waals surface area contributed by atoms with Crippen molar-refractivity contribution < 1.29 is 4.79 Å². The number of carbonyl (C=O) groups excluding carboxylic acids is 1. The van der Waals surface area contributed by atoms with Gasteiger partial charge in [0.15, 0.2) is 0 Å². The third-order valence-electron chi connectivity index (χ3n) is 3.14. The number of hydrogen-bond acceptors (Lipinski definition) is 2. The first-order valence-electron chi connectivity index (χ1n) is 6.57. The molecule has 0 saturated heterocycles. The largest absolute Gasteiger partial charge is 0.385 e. The predicted octanol–water partition coefficient (Wildman–Crippen LogP) is 2.74. The number of benzene rings is 1. The van der Waals surface area contributed by atoms with Crippen molar-refractivity contribution in [3.63, 3.8) is 0 Å². The molecule has 1 aliphatic rings. The van der Waals surface area contributed by atoms with Crippen LogP contribution < -0.4 is 10.6 Å². The van der Waals surface area contributed by atoms with Crippen LogP contribution in [0.1, 0.15) is 35.7 Å². The summed E-state index contributed by atoms with van der Waals surface area (Å²) in [6.07, 6.45) is 7.13. The molecule has 2 rings (SSSR count). The topological polar surface area (TPSA) is 41.1 Å². The van der Waals surface area contributed by atoms with Crippen molar-refractivity contribution >= 4 is 11.6 Å². The van der Waals surface area contributed by atoms with Crippen LogP contribution in [0.25, 0.3) is 0 Å². The molecule has 0 fully saturated rings. The van der Waals surface area contributed by atoms with Crippen molar-refractivity contribution in [2.75, 3.05) is 18.4 Å². The van der Waals surface area contributed by atoms with Gasteiger partial charge in [-0.3, -0.25) is 4.79 Å². The van der Waals surface area contributed by atoms with E-state index in [1.54, 1.807) is 0 Å². The lowest BCUT2D eigenvalue weighted by atomic mass is 10.0. The van der Waals surface area contributed by atoms with Crippen LogP contribution >= 0.6 is 0 Å². The molecule has 1 heterocycles. The molecular weight excluding hydrogens is 224 g/mol. The van der Waals surface area contributed by atoms with E-state index in [2.05, 4.69) is 16.7 Å². The molecule has 1 aliphatic heterocycles. The van der Waals surface area contributed by atoms with Gasteiger partial charge in [0, 0.05) is 24.3 Å². The molecule has 1 aromatic carbocycles. The lowest BCUT2D eigenvalue weighted by Gasteiger charge is -2.18. The van der Waals surface area contributed by atoms with E-state index < -0.39 is 0 Å². The fourth-order valence-corrected chi connectivity index (χ4v) is 2.15. The van der Waals surface area contributed by atoms with E-state index in [1.807, 2.05) is 31.2 Å². The van der Waals surface area contributed by atoms with Gasteiger partial charge in [0.05, 0.1) is 0 Å². The summed E-state index contributed by atoms with van der Waals surface area (Å²) >= 11 is 0. The zero-order valence-electron chi connectivity index (χ0n) is 10.8. The Morgan fingerprint density at radius 3 is 3.22 bits per heavy atom. The summed E-state index contributed by atoms with van der Waals surface area (Å²) in [5, 5.41) is 6.28. The molecule has 0 radical (unpaired) electrons. The Morgan fingerprint density at radius 2 is 2.39 bits per heavy atom. The highest BCUT2D eigenvalue weighted by Crippen LogP contribution is 2.22. The molecule has 96 valence electrons. The third-order valence-corrected chi connectivity index (χ3v) is 3.14. The molecular formula is C15H20N2O. The Hall–Kier alpha value is -1.77. The second-order valence-electron chi connectivity index (χ2n) is 4.52. The number of allylic oxidation sites excluding steroid dienone is 1. The van der Waals surface area contributed by atoms with Crippen molar-refractivity contribution in [3.8, 4) is 0 Å². The lowest BCUT2D eigenvalue weighted by Crippen LogP contribution is -2.24. The first-order chi connectivity index (χ1) is 8.81. The van der Waals surface area contributed by atoms with Crippen LogP contribution in [-0.2, 0) is 6.42 Å². The summed E-state index contributed by atoms with van der Waals surface area (Å²) in [6.45, 7) is 3.71. The summed E-state index contributed by atoms with van der Waals surface area (Å²) in [5.74, 6) is 0.0212. The molecule has 0 atom stereocenters. The second kappa shape index (κ2) is 6.24. The molecule has 0 unspecified atom stereocenters. The van der Waals surface area contributed by atoms with Crippen molar-refractivity contribution in [2.24, 2.45) is 0 Å². The molecule has 2 N–H and O–H groups in total. The third kappa shape index (κ3) is 3.13. The summed E-state index contributed by atoms with van der Waals surface area (Å²) in [5.41, 5.74) is 3.19. The minimum atomic E-state index is 0.0212. The molecule has 0 bridgehead atoms. The Morgan fingerprint density at radius 1 is 1.50 bits per heavy atom. The van der Waals surface area contributed by atoms with Crippen LogP contribution in [0.15, 0.2) is 30.4 Å². The number of aryl methyl sites for hydroxylation is 1. The maximum Gasteiger partial charge on any atom is 0.251 e. The van der Waals surface area contributed by atoms with E-state index in [0.29, 0.717) is 6.54 Å². The highest BCUT2D eigenvalue weighted by atomic mass is 16.1. The molecule has 0 saturated carbocycles. The number of amides is 1. The van der Waals surface area contributed by atoms with Gasteiger partial charge in [-0.15, -0.1) is 0 Å². The molecule has 3 nitrogen and oxygen atoms in total. The SMILES string of the molecule is C/C=C/CCNC(=O)c1ccc2c(c1)CCCN2. The number of rotatable bonds is 4. The van der Waals surface area contributed by atoms with Gasteiger partial charge in [-0.2, -0.15) is 0 Å². The van der Waals surface area contributed by atoms with E-state index in [4.69, 9.17) is 0 Å². The minimum absolute atomic E-state index is 0.0212. The van der Waals surface area contributed by atoms with Gasteiger partial charge in [-0.25, -0.2) is 0 Å². The average molecular weight is 244 g/mol. The smallest absolute Gasteiger partial charge is 0.251 e. The van der Waals surface area contributed by atoms with Gasteiger partial charge in [-0.1, -0.05) is 12.2 Å². The number of fused-ring (bicyclic) bond motifs is 1. The quantitative estimate of drug-likeness (QED) is 0.631. The van der Waals surface area contributed by atoms with Crippen LogP contribution in [-0.4, -0.2) is 19.0 Å². The average Bonchev–Trinajstić information content (AvgIpc) is 2.43. The van der Waals surface area contributed by atoms with E-state index in [9.17, 15) is 4.79 Å². The number of nitrogens with one attached hydrogen (secondary N) is 2. The summed E-state index contributed by atoms with van der Waals surface area (Å²) < 4.78 is 0. The van der Waals surface area contributed by atoms with Crippen LogP contribution in [0.5, 0.6) is 0 Å². The maximum absolute atomic E-state index is 11.9. The number of carbonyl (C=O) groups is 1. The fraction of sp³-hybridized carbons (Fsp3) is 0.400. The van der Waals surface area contributed by atoms with Gasteiger partial charge in [0.2, 0.25) is 0 Å². The Balaban J connectivity index is 1.97. The van der Waals surface area contributed by atoms with Gasteiger partial charge < -0.3 is 10.6 Å². The van der Waals surface area contributed by atoms with Gasteiger partial charge in [-0.05, 0) is 49.9 Å². The summed E-state index contributed by atoms with van der Waals surface area (Å²) in [6, 6.07) is 5.91. The van der Waals surface area contributed by atoms with Gasteiger partial charge in [0.1, 0.15) is 0 Å². The van der Waals surface area contributed by atoms with E-state index in [-0.39, 0.29) is 5.91 Å². The molecule has 3 heteroatoms. The van der Waals surface area contributed by atoms with Crippen LogP contribution in [0, 0.1) is 0 Å². The molecule has 18 heavy (non-hydrogen) atoms. The first-order valence-corrected chi connectivity index (χ1v) is 6.57. The zero-order valence-corrected chi connectivity index (χ0v) is 10.8. The highest BCUT2D eigenvalue weighted by Gasteiger charge is 2.11. The molecule has 1 amide bonds. The van der Waals surface area contributed by atoms with Gasteiger partial charge in [0.25, 0.3) is 5.91 Å². The number of anilines is 1. The van der Waals surface area contributed by atoms with Crippen LogP contribution in [0.3, 0.4) is 0 Å². The Labute approximate surface area is 108 Å². The van der Waals surface area contributed by atoms with E-state index >= 15 is 0 Å². The Bertz CT molecular complexity index is 452. The van der Waals surface area contributed by atoms with Crippen LogP contribution in [0.2, 0.25) is 0 Å². The van der Waals surface area contributed by atoms with E-state index in [0.717, 1.165) is 31.4 Å². The molecule has 0 aromatic heterocycles. The lowest BCUT2D eigenvalue weighted by molar-refractivity contribution is 0.0954. The van der Waals surface area contributed by atoms with Crippen molar-refractivity contribution in [2.45, 2.75) is 26.2 Å². The standard InChI is InChI=1S/C15H20N2O/c1-2-3-4-9-17-15(18)13-7-8-14-12(11-13)6-5-10-16-14/h2-3,7-8,11,16H,4-6,9-10H2,1H3,(H,17,18)/b3-2+. The van der Waals surface area contributed by atoms with E-state index in [1.165, 1.54) is 11.3 Å². The van der Waals surface area contributed by atoms with Gasteiger partial charge >= 0.3 is 0 Å². The zero-order chi connectivity index (χ0) is 12.8.